The number of rotatable bonds is 11. The average molecular weight is 851 g/mol. The Bertz CT molecular complexity index is 1370. The summed E-state index contributed by atoms with van der Waals surface area (Å²) in [5, 5.41) is 66.5. The second-order valence-corrected chi connectivity index (χ2v) is 18.4. The molecule has 0 aromatic rings. The van der Waals surface area contributed by atoms with Crippen LogP contribution in [0.2, 0.25) is 0 Å². The SMILES string of the molecule is CO[C@@H]1[C@H](OC[C@H](C)[C@H]2OC(=O)[C@H](C)[C@@H](O[C@@H]3C[C@](C)(O)[C@@H](O)[C@@H](C)O3)[C@H](C)[C@@H](O)[C@H](C)C[C@](C)(O)C(=O)[C@H](C)[C@H](OC(=O)[C@H](O)C(C)C)[C@H]2C)O[C@H](C)[C@@H](O)[C@@H]1OC. The second-order valence-electron chi connectivity index (χ2n) is 18.4. The fourth-order valence-corrected chi connectivity index (χ4v) is 8.90. The van der Waals surface area contributed by atoms with Gasteiger partial charge in [0.05, 0.1) is 48.5 Å². The molecule has 0 saturated carbocycles. The number of hydrogen-bond donors (Lipinski definition) is 6. The van der Waals surface area contributed by atoms with Gasteiger partial charge in [-0.25, -0.2) is 4.79 Å². The highest BCUT2D eigenvalue weighted by Gasteiger charge is 2.51. The van der Waals surface area contributed by atoms with Crippen LogP contribution >= 0.6 is 0 Å². The molecule has 3 fully saturated rings. The molecule has 21 atom stereocenters. The van der Waals surface area contributed by atoms with E-state index in [1.165, 1.54) is 35.0 Å². The third-order valence-electron chi connectivity index (χ3n) is 12.8. The van der Waals surface area contributed by atoms with E-state index in [4.69, 9.17) is 37.9 Å². The van der Waals surface area contributed by atoms with E-state index in [0.717, 1.165) is 0 Å². The summed E-state index contributed by atoms with van der Waals surface area (Å²) in [4.78, 5) is 42.2. The van der Waals surface area contributed by atoms with Crippen LogP contribution in [0.4, 0.5) is 0 Å². The molecule has 59 heavy (non-hydrogen) atoms. The Kier molecular flexibility index (Phi) is 18.3. The molecule has 6 N–H and O–H groups in total. The Labute approximate surface area is 349 Å². The van der Waals surface area contributed by atoms with Gasteiger partial charge < -0.3 is 68.5 Å². The summed E-state index contributed by atoms with van der Waals surface area (Å²) in [6, 6.07) is 0. The van der Waals surface area contributed by atoms with E-state index in [9.17, 15) is 45.0 Å². The van der Waals surface area contributed by atoms with Gasteiger partial charge in [-0.2, -0.15) is 0 Å². The highest BCUT2D eigenvalue weighted by Crippen LogP contribution is 2.38. The predicted molar refractivity (Wildman–Crippen MR) is 210 cm³/mol. The van der Waals surface area contributed by atoms with Gasteiger partial charge in [0.1, 0.15) is 42.2 Å². The van der Waals surface area contributed by atoms with Gasteiger partial charge in [0.2, 0.25) is 0 Å². The van der Waals surface area contributed by atoms with Gasteiger partial charge in [0.15, 0.2) is 24.5 Å². The van der Waals surface area contributed by atoms with Crippen molar-refractivity contribution in [3.05, 3.63) is 0 Å². The lowest BCUT2D eigenvalue weighted by atomic mass is 9.74. The van der Waals surface area contributed by atoms with Crippen LogP contribution < -0.4 is 0 Å². The van der Waals surface area contributed by atoms with Gasteiger partial charge in [0, 0.05) is 38.4 Å². The number of ketones is 1. The first-order valence-corrected chi connectivity index (χ1v) is 21.0. The lowest BCUT2D eigenvalue weighted by Crippen LogP contribution is -2.59. The Balaban J connectivity index is 2.14. The maximum absolute atomic E-state index is 14.5. The molecule has 3 rings (SSSR count). The first-order chi connectivity index (χ1) is 27.2. The topological polar surface area (TPSA) is 246 Å². The number of carbonyl (C=O) groups is 3. The number of aliphatic hydroxyl groups excluding tert-OH is 4. The van der Waals surface area contributed by atoms with E-state index < -0.39 is 150 Å². The number of Topliss-reactive ketones (excluding diaryl/α,β-unsaturated/α-hetero) is 1. The van der Waals surface area contributed by atoms with Crippen molar-refractivity contribution in [2.45, 2.75) is 187 Å². The monoisotopic (exact) mass is 850 g/mol. The molecule has 3 heterocycles. The molecule has 3 aliphatic heterocycles. The van der Waals surface area contributed by atoms with E-state index in [2.05, 4.69) is 0 Å². The molecule has 3 aliphatic rings. The minimum atomic E-state index is -2.04. The second kappa shape index (κ2) is 21.0. The maximum atomic E-state index is 14.5. The molecule has 0 amide bonds. The first-order valence-electron chi connectivity index (χ1n) is 21.0. The fourth-order valence-electron chi connectivity index (χ4n) is 8.90. The van der Waals surface area contributed by atoms with Crippen molar-refractivity contribution in [2.24, 2.45) is 41.4 Å². The largest absolute Gasteiger partial charge is 0.461 e. The van der Waals surface area contributed by atoms with Gasteiger partial charge in [-0.15, -0.1) is 0 Å². The normalized spacial score (nSPS) is 45.6. The van der Waals surface area contributed by atoms with Gasteiger partial charge >= 0.3 is 11.9 Å². The van der Waals surface area contributed by atoms with Crippen molar-refractivity contribution in [3.8, 4) is 0 Å². The molecule has 0 aliphatic carbocycles. The lowest BCUT2D eigenvalue weighted by molar-refractivity contribution is -0.305. The molecule has 0 spiro atoms. The van der Waals surface area contributed by atoms with Crippen molar-refractivity contribution in [3.63, 3.8) is 0 Å². The molecule has 17 nitrogen and oxygen atoms in total. The molecular formula is C42H74O17. The molecule has 0 aromatic heterocycles. The Morgan fingerprint density at radius 3 is 1.93 bits per heavy atom. The summed E-state index contributed by atoms with van der Waals surface area (Å²) in [5.74, 6) is -8.62. The van der Waals surface area contributed by atoms with Crippen LogP contribution in [0.1, 0.15) is 95.9 Å². The molecule has 0 aromatic carbocycles. The summed E-state index contributed by atoms with van der Waals surface area (Å²) in [6.45, 7) is 18.8. The number of ether oxygens (including phenoxy) is 8. The van der Waals surface area contributed by atoms with Crippen molar-refractivity contribution in [1.29, 1.82) is 0 Å². The summed E-state index contributed by atoms with van der Waals surface area (Å²) >= 11 is 0. The summed E-state index contributed by atoms with van der Waals surface area (Å²) in [6.07, 6.45) is -14.4. The van der Waals surface area contributed by atoms with Gasteiger partial charge in [0.25, 0.3) is 0 Å². The van der Waals surface area contributed by atoms with Crippen molar-refractivity contribution in [1.82, 2.24) is 0 Å². The summed E-state index contributed by atoms with van der Waals surface area (Å²) in [5.41, 5.74) is -3.65. The zero-order chi connectivity index (χ0) is 45.1. The molecular weight excluding hydrogens is 776 g/mol. The van der Waals surface area contributed by atoms with Gasteiger partial charge in [-0.3, -0.25) is 9.59 Å². The number of methoxy groups -OCH3 is 2. The first kappa shape index (κ1) is 51.5. The zero-order valence-corrected chi connectivity index (χ0v) is 37.3. The minimum Gasteiger partial charge on any atom is -0.461 e. The average Bonchev–Trinajstić information content (AvgIpc) is 3.17. The summed E-state index contributed by atoms with van der Waals surface area (Å²) < 4.78 is 47.9. The number of aliphatic hydroxyl groups is 6. The van der Waals surface area contributed by atoms with Crippen LogP contribution in [0, 0.1) is 41.4 Å². The smallest absolute Gasteiger partial charge is 0.335 e. The molecule has 17 heteroatoms. The van der Waals surface area contributed by atoms with Crippen LogP contribution in [0.15, 0.2) is 0 Å². The van der Waals surface area contributed by atoms with E-state index in [-0.39, 0.29) is 19.4 Å². The van der Waals surface area contributed by atoms with Crippen LogP contribution in [0.3, 0.4) is 0 Å². The number of carbonyl (C=O) groups excluding carboxylic acids is 3. The molecule has 0 unspecified atom stereocenters. The molecule has 0 bridgehead atoms. The Hall–Kier alpha value is -1.87. The van der Waals surface area contributed by atoms with Crippen molar-refractivity contribution >= 4 is 17.7 Å². The Morgan fingerprint density at radius 1 is 0.797 bits per heavy atom. The minimum absolute atomic E-state index is 0.145. The van der Waals surface area contributed by atoms with Crippen molar-refractivity contribution < 1.29 is 82.9 Å². The number of hydrogen-bond acceptors (Lipinski definition) is 17. The summed E-state index contributed by atoms with van der Waals surface area (Å²) in [7, 11) is 2.85. The quantitative estimate of drug-likeness (QED) is 0.161. The van der Waals surface area contributed by atoms with E-state index in [1.54, 1.807) is 62.3 Å². The predicted octanol–water partition coefficient (Wildman–Crippen LogP) is 1.51. The number of cyclic esters (lactones) is 1. The van der Waals surface area contributed by atoms with Crippen molar-refractivity contribution in [2.75, 3.05) is 20.8 Å². The number of esters is 2. The van der Waals surface area contributed by atoms with Crippen LogP contribution in [0.5, 0.6) is 0 Å². The highest BCUT2D eigenvalue weighted by atomic mass is 16.7. The highest BCUT2D eigenvalue weighted by molar-refractivity contribution is 5.89. The Morgan fingerprint density at radius 2 is 1.39 bits per heavy atom. The van der Waals surface area contributed by atoms with E-state index >= 15 is 0 Å². The lowest BCUT2D eigenvalue weighted by Gasteiger charge is -2.45. The third-order valence-corrected chi connectivity index (χ3v) is 12.8. The van der Waals surface area contributed by atoms with Gasteiger partial charge in [-0.05, 0) is 52.9 Å². The third kappa shape index (κ3) is 12.0. The standard InChI is InChI=1S/C42H74O17/c1-18(2)28(43)39(49)59-33-22(6)31(20(4)17-54-40-35(53-14)34(52-13)30(45)25(9)56-40)58-38(48)24(8)32(57-27-16-42(12,51)37(47)26(10)55-27)21(5)29(44)19(3)15-41(11,50)36(46)23(33)7/h18-35,37,40,43-45,47,50-51H,15-17H2,1-14H3/t19-,20+,21-,22+,23-,24-,25-,26-,27-,28-,29+,30-,31-,32+,33-,34+,35+,37+,40-,41+,42+/m1/s1. The molecule has 0 radical (unpaired) electrons. The maximum Gasteiger partial charge on any atom is 0.335 e. The van der Waals surface area contributed by atoms with Crippen LogP contribution in [-0.4, -0.2) is 160 Å². The fraction of sp³-hybridized carbons (Fsp3) is 0.929. The van der Waals surface area contributed by atoms with E-state index in [0.29, 0.717) is 0 Å². The zero-order valence-electron chi connectivity index (χ0n) is 37.3. The molecule has 344 valence electrons. The van der Waals surface area contributed by atoms with Crippen LogP contribution in [-0.2, 0) is 52.3 Å². The van der Waals surface area contributed by atoms with Crippen LogP contribution in [0.25, 0.3) is 0 Å². The van der Waals surface area contributed by atoms with Gasteiger partial charge in [-0.1, -0.05) is 48.5 Å². The molecule has 3 saturated heterocycles. The van der Waals surface area contributed by atoms with E-state index in [1.807, 2.05) is 0 Å².